The molecule has 0 fully saturated rings. The van der Waals surface area contributed by atoms with Crippen LogP contribution in [0.1, 0.15) is 27.4 Å². The number of hydrogen-bond donors (Lipinski definition) is 2. The zero-order chi connectivity index (χ0) is 17.2. The number of fused-ring (bicyclic) bond motifs is 1. The summed E-state index contributed by atoms with van der Waals surface area (Å²) < 4.78 is 0. The lowest BCUT2D eigenvalue weighted by Gasteiger charge is -2.28. The second kappa shape index (κ2) is 6.49. The largest absolute Gasteiger partial charge is 0.326 e. The predicted octanol–water partition coefficient (Wildman–Crippen LogP) is 3.67. The zero-order valence-electron chi connectivity index (χ0n) is 13.2. The number of benzene rings is 2. The molecule has 6 heteroatoms. The van der Waals surface area contributed by atoms with Gasteiger partial charge in [0.15, 0.2) is 5.13 Å². The van der Waals surface area contributed by atoms with Gasteiger partial charge in [0.05, 0.1) is 5.92 Å². The molecule has 1 aliphatic rings. The van der Waals surface area contributed by atoms with Gasteiger partial charge in [0.2, 0.25) is 5.91 Å². The van der Waals surface area contributed by atoms with Gasteiger partial charge in [0, 0.05) is 22.8 Å². The number of aromatic nitrogens is 1. The summed E-state index contributed by atoms with van der Waals surface area (Å²) in [4.78, 5) is 28.5. The zero-order valence-corrected chi connectivity index (χ0v) is 14.0. The van der Waals surface area contributed by atoms with E-state index >= 15 is 0 Å². The molecule has 2 N–H and O–H groups in total. The minimum absolute atomic E-state index is 0.0151. The molecule has 2 aromatic carbocycles. The molecule has 25 heavy (non-hydrogen) atoms. The molecule has 0 aliphatic heterocycles. The van der Waals surface area contributed by atoms with Crippen molar-refractivity contribution in [3.05, 3.63) is 76.8 Å². The standard InChI is InChI=1S/C19H15N3O2S/c23-17(22-19-20-9-10-25-19)12-5-7-14(8-6-12)21-18(24)16-11-13-3-1-2-4-15(13)16/h1-10,16H,11H2,(H,21,24)(H,20,22,23)/t16-/m0/s1. The van der Waals surface area contributed by atoms with Crippen LogP contribution in [0.3, 0.4) is 0 Å². The van der Waals surface area contributed by atoms with E-state index in [9.17, 15) is 9.59 Å². The highest BCUT2D eigenvalue weighted by Crippen LogP contribution is 2.35. The third-order valence-corrected chi connectivity index (χ3v) is 4.93. The highest BCUT2D eigenvalue weighted by atomic mass is 32.1. The average Bonchev–Trinajstić information content (AvgIpc) is 3.09. The van der Waals surface area contributed by atoms with Crippen LogP contribution in [0.5, 0.6) is 0 Å². The summed E-state index contributed by atoms with van der Waals surface area (Å²) in [6, 6.07) is 14.8. The molecule has 3 aromatic rings. The first-order chi connectivity index (χ1) is 12.2. The maximum atomic E-state index is 12.4. The number of rotatable bonds is 4. The maximum Gasteiger partial charge on any atom is 0.257 e. The monoisotopic (exact) mass is 349 g/mol. The van der Waals surface area contributed by atoms with Gasteiger partial charge < -0.3 is 5.32 Å². The minimum atomic E-state index is -0.222. The molecule has 1 aromatic heterocycles. The number of nitrogens with zero attached hydrogens (tertiary/aromatic N) is 1. The normalized spacial score (nSPS) is 15.0. The SMILES string of the molecule is O=C(Nc1nccs1)c1ccc(NC(=O)[C@H]2Cc3ccccc32)cc1. The summed E-state index contributed by atoms with van der Waals surface area (Å²) in [7, 11) is 0. The van der Waals surface area contributed by atoms with Crippen molar-refractivity contribution in [2.75, 3.05) is 10.6 Å². The van der Waals surface area contributed by atoms with Crippen LogP contribution >= 0.6 is 11.3 Å². The van der Waals surface area contributed by atoms with Crippen LogP contribution in [0.25, 0.3) is 0 Å². The lowest BCUT2D eigenvalue weighted by Crippen LogP contribution is -2.30. The quantitative estimate of drug-likeness (QED) is 0.755. The number of amides is 2. The fraction of sp³-hybridized carbons (Fsp3) is 0.105. The summed E-state index contributed by atoms with van der Waals surface area (Å²) in [5.41, 5.74) is 3.53. The number of thiazole rings is 1. The second-order valence-electron chi connectivity index (χ2n) is 5.81. The van der Waals surface area contributed by atoms with Gasteiger partial charge in [0.25, 0.3) is 5.91 Å². The van der Waals surface area contributed by atoms with Crippen LogP contribution in [0.15, 0.2) is 60.1 Å². The molecule has 2 amide bonds. The summed E-state index contributed by atoms with van der Waals surface area (Å²) in [5, 5.41) is 8.00. The maximum absolute atomic E-state index is 12.4. The Kier molecular flexibility index (Phi) is 4.03. The van der Waals surface area contributed by atoms with Gasteiger partial charge in [-0.1, -0.05) is 24.3 Å². The van der Waals surface area contributed by atoms with Gasteiger partial charge >= 0.3 is 0 Å². The molecular weight excluding hydrogens is 334 g/mol. The third-order valence-electron chi connectivity index (χ3n) is 4.24. The number of carbonyl (C=O) groups excluding carboxylic acids is 2. The number of hydrogen-bond acceptors (Lipinski definition) is 4. The fourth-order valence-corrected chi connectivity index (χ4v) is 3.41. The van der Waals surface area contributed by atoms with Crippen molar-refractivity contribution in [1.29, 1.82) is 0 Å². The van der Waals surface area contributed by atoms with Gasteiger partial charge in [-0.15, -0.1) is 11.3 Å². The van der Waals surface area contributed by atoms with Crippen molar-refractivity contribution in [2.24, 2.45) is 0 Å². The van der Waals surface area contributed by atoms with Gasteiger partial charge in [0.1, 0.15) is 0 Å². The van der Waals surface area contributed by atoms with Crippen LogP contribution in [-0.2, 0) is 11.2 Å². The first-order valence-electron chi connectivity index (χ1n) is 7.90. The Hall–Kier alpha value is -2.99. The highest BCUT2D eigenvalue weighted by molar-refractivity contribution is 7.13. The van der Waals surface area contributed by atoms with E-state index < -0.39 is 0 Å². The van der Waals surface area contributed by atoms with E-state index in [-0.39, 0.29) is 17.7 Å². The Morgan fingerprint density at radius 3 is 2.56 bits per heavy atom. The van der Waals surface area contributed by atoms with E-state index in [1.165, 1.54) is 16.9 Å². The molecule has 1 atom stereocenters. The molecule has 1 heterocycles. The van der Waals surface area contributed by atoms with Crippen molar-refractivity contribution in [2.45, 2.75) is 12.3 Å². The van der Waals surface area contributed by atoms with Crippen molar-refractivity contribution in [3.63, 3.8) is 0 Å². The summed E-state index contributed by atoms with van der Waals surface area (Å²) in [5.74, 6) is -0.330. The van der Waals surface area contributed by atoms with Crippen molar-refractivity contribution in [1.82, 2.24) is 4.98 Å². The molecular formula is C19H15N3O2S. The Balaban J connectivity index is 1.39. The first-order valence-corrected chi connectivity index (χ1v) is 8.78. The third kappa shape index (κ3) is 3.16. The number of anilines is 2. The fourth-order valence-electron chi connectivity index (χ4n) is 2.88. The van der Waals surface area contributed by atoms with Crippen LogP contribution < -0.4 is 10.6 Å². The van der Waals surface area contributed by atoms with Crippen LogP contribution in [0.4, 0.5) is 10.8 Å². The van der Waals surface area contributed by atoms with Crippen molar-refractivity contribution >= 4 is 34.0 Å². The van der Waals surface area contributed by atoms with Gasteiger partial charge in [-0.3, -0.25) is 14.9 Å². The Labute approximate surface area is 148 Å². The number of nitrogens with one attached hydrogen (secondary N) is 2. The molecule has 0 unspecified atom stereocenters. The molecule has 1 aliphatic carbocycles. The second-order valence-corrected chi connectivity index (χ2v) is 6.71. The van der Waals surface area contributed by atoms with E-state index in [1.54, 1.807) is 35.8 Å². The molecule has 0 spiro atoms. The highest BCUT2D eigenvalue weighted by Gasteiger charge is 2.31. The molecule has 5 nitrogen and oxygen atoms in total. The smallest absolute Gasteiger partial charge is 0.257 e. The van der Waals surface area contributed by atoms with E-state index in [2.05, 4.69) is 21.7 Å². The average molecular weight is 349 g/mol. The van der Waals surface area contributed by atoms with E-state index in [4.69, 9.17) is 0 Å². The Morgan fingerprint density at radius 1 is 1.04 bits per heavy atom. The summed E-state index contributed by atoms with van der Waals surface area (Å²) >= 11 is 1.36. The van der Waals surface area contributed by atoms with E-state index in [1.807, 2.05) is 18.2 Å². The summed E-state index contributed by atoms with van der Waals surface area (Å²) in [6.45, 7) is 0. The lowest BCUT2D eigenvalue weighted by atomic mass is 9.77. The van der Waals surface area contributed by atoms with Gasteiger partial charge in [-0.2, -0.15) is 0 Å². The molecule has 0 radical (unpaired) electrons. The number of carbonyl (C=O) groups is 2. The molecule has 0 saturated heterocycles. The Bertz CT molecular complexity index is 920. The molecule has 4 rings (SSSR count). The minimum Gasteiger partial charge on any atom is -0.326 e. The first kappa shape index (κ1) is 15.5. The van der Waals surface area contributed by atoms with Crippen LogP contribution in [-0.4, -0.2) is 16.8 Å². The van der Waals surface area contributed by atoms with Gasteiger partial charge in [-0.05, 0) is 41.8 Å². The van der Waals surface area contributed by atoms with Gasteiger partial charge in [-0.25, -0.2) is 4.98 Å². The molecule has 0 bridgehead atoms. The Morgan fingerprint density at radius 2 is 1.84 bits per heavy atom. The van der Waals surface area contributed by atoms with Crippen molar-refractivity contribution in [3.8, 4) is 0 Å². The predicted molar refractivity (Wildman–Crippen MR) is 98.0 cm³/mol. The van der Waals surface area contributed by atoms with Crippen molar-refractivity contribution < 1.29 is 9.59 Å². The topological polar surface area (TPSA) is 71.1 Å². The van der Waals surface area contributed by atoms with Crippen LogP contribution in [0.2, 0.25) is 0 Å². The summed E-state index contributed by atoms with van der Waals surface area (Å²) in [6.07, 6.45) is 2.41. The van der Waals surface area contributed by atoms with E-state index in [0.717, 1.165) is 12.0 Å². The molecule has 0 saturated carbocycles. The lowest BCUT2D eigenvalue weighted by molar-refractivity contribution is -0.118. The molecule has 124 valence electrons. The van der Waals surface area contributed by atoms with E-state index in [0.29, 0.717) is 16.4 Å². The van der Waals surface area contributed by atoms with Crippen LogP contribution in [0, 0.1) is 0 Å².